The molecule has 338 valence electrons. The standard InChI is InChI=1S/C48H50O16/c1-5-47(23-39(51)31-15-7-8-16-32(31)40(52)24-49,28-62-45(57)37-21-13-11-19-35(37)42(54)59-3)26-61-27-48(6-2,29-63-44(56)34-18-10-9-17-33(34)41(53)25-50)30-64-46(58)38-22-14-12-20-36(38)43(55)60-4/h7-22,49-50H,5-6,23-30H2,1-4H3. The number of aliphatic hydroxyl groups excluding tert-OH is 2. The summed E-state index contributed by atoms with van der Waals surface area (Å²) in [4.78, 5) is 105. The predicted molar refractivity (Wildman–Crippen MR) is 227 cm³/mol. The van der Waals surface area contributed by atoms with Crippen molar-refractivity contribution in [2.75, 3.05) is 60.5 Å². The zero-order valence-corrected chi connectivity index (χ0v) is 35.9. The summed E-state index contributed by atoms with van der Waals surface area (Å²) in [5.74, 6) is -6.27. The van der Waals surface area contributed by atoms with Crippen LogP contribution in [0.4, 0.5) is 0 Å². The van der Waals surface area contributed by atoms with E-state index >= 15 is 0 Å². The smallest absolute Gasteiger partial charge is 0.339 e. The highest BCUT2D eigenvalue weighted by molar-refractivity contribution is 6.10. The Labute approximate surface area is 369 Å². The Morgan fingerprint density at radius 2 is 0.688 bits per heavy atom. The van der Waals surface area contributed by atoms with Gasteiger partial charge in [0.15, 0.2) is 17.3 Å². The molecule has 0 amide bonds. The number of carbonyl (C=O) groups excluding carboxylic acids is 8. The number of methoxy groups -OCH3 is 2. The van der Waals surface area contributed by atoms with Crippen LogP contribution in [-0.2, 0) is 28.4 Å². The molecule has 0 bridgehead atoms. The molecule has 16 nitrogen and oxygen atoms in total. The second-order valence-corrected chi connectivity index (χ2v) is 14.9. The lowest BCUT2D eigenvalue weighted by Gasteiger charge is -2.35. The van der Waals surface area contributed by atoms with Crippen molar-refractivity contribution in [1.82, 2.24) is 0 Å². The lowest BCUT2D eigenvalue weighted by atomic mass is 9.79. The van der Waals surface area contributed by atoms with Crippen LogP contribution >= 0.6 is 0 Å². The van der Waals surface area contributed by atoms with E-state index in [1.54, 1.807) is 19.9 Å². The summed E-state index contributed by atoms with van der Waals surface area (Å²) in [6.07, 6.45) is -0.0739. The summed E-state index contributed by atoms with van der Waals surface area (Å²) in [7, 11) is 2.32. The highest BCUT2D eigenvalue weighted by Crippen LogP contribution is 2.34. The zero-order chi connectivity index (χ0) is 46.9. The number of ketones is 3. The number of hydrogen-bond donors (Lipinski definition) is 2. The van der Waals surface area contributed by atoms with Crippen molar-refractivity contribution in [3.8, 4) is 0 Å². The Kier molecular flexibility index (Phi) is 18.3. The first kappa shape index (κ1) is 49.8. The fourth-order valence-electron chi connectivity index (χ4n) is 6.66. The first-order chi connectivity index (χ1) is 30.7. The quantitative estimate of drug-likeness (QED) is 0.0498. The lowest BCUT2D eigenvalue weighted by molar-refractivity contribution is -0.0753. The Balaban J connectivity index is 1.70. The first-order valence-corrected chi connectivity index (χ1v) is 20.2. The predicted octanol–water partition coefficient (Wildman–Crippen LogP) is 5.56. The summed E-state index contributed by atoms with van der Waals surface area (Å²) in [5, 5.41) is 19.1. The van der Waals surface area contributed by atoms with Crippen molar-refractivity contribution in [3.63, 3.8) is 0 Å². The van der Waals surface area contributed by atoms with Gasteiger partial charge in [0, 0.05) is 28.5 Å². The molecule has 4 rings (SSSR count). The zero-order valence-electron chi connectivity index (χ0n) is 35.9. The number of ether oxygens (including phenoxy) is 6. The molecule has 0 aliphatic rings. The molecule has 0 radical (unpaired) electrons. The molecule has 4 aromatic carbocycles. The normalized spacial score (nSPS) is 12.7. The molecular formula is C48H50O16. The molecule has 64 heavy (non-hydrogen) atoms. The monoisotopic (exact) mass is 882 g/mol. The van der Waals surface area contributed by atoms with Crippen LogP contribution in [0.3, 0.4) is 0 Å². The fourth-order valence-corrected chi connectivity index (χ4v) is 6.66. The number of Topliss-reactive ketones (excluding diaryl/α,β-unsaturated/α-hetero) is 3. The molecule has 0 aliphatic heterocycles. The first-order valence-electron chi connectivity index (χ1n) is 20.2. The van der Waals surface area contributed by atoms with E-state index in [0.29, 0.717) is 0 Å². The summed E-state index contributed by atoms with van der Waals surface area (Å²) in [5.41, 5.74) is -3.20. The van der Waals surface area contributed by atoms with Crippen molar-refractivity contribution in [2.45, 2.75) is 33.1 Å². The van der Waals surface area contributed by atoms with Crippen LogP contribution < -0.4 is 0 Å². The molecule has 2 atom stereocenters. The molecule has 2 unspecified atom stereocenters. The van der Waals surface area contributed by atoms with Crippen LogP contribution in [-0.4, -0.2) is 118 Å². The maximum atomic E-state index is 14.1. The molecule has 16 heteroatoms. The van der Waals surface area contributed by atoms with Gasteiger partial charge in [-0.2, -0.15) is 0 Å². The highest BCUT2D eigenvalue weighted by atomic mass is 16.6. The maximum Gasteiger partial charge on any atom is 0.339 e. The largest absolute Gasteiger partial charge is 0.465 e. The molecule has 0 heterocycles. The van der Waals surface area contributed by atoms with Crippen LogP contribution in [0.1, 0.15) is 116 Å². The van der Waals surface area contributed by atoms with Crippen molar-refractivity contribution >= 4 is 47.2 Å². The van der Waals surface area contributed by atoms with Gasteiger partial charge in [-0.05, 0) is 43.2 Å². The van der Waals surface area contributed by atoms with Gasteiger partial charge in [-0.15, -0.1) is 0 Å². The molecule has 0 aliphatic carbocycles. The van der Waals surface area contributed by atoms with Crippen molar-refractivity contribution in [3.05, 3.63) is 142 Å². The van der Waals surface area contributed by atoms with E-state index in [-0.39, 0.29) is 77.0 Å². The number of hydrogen-bond acceptors (Lipinski definition) is 16. The minimum Gasteiger partial charge on any atom is -0.465 e. The average Bonchev–Trinajstić information content (AvgIpc) is 3.34. The summed E-state index contributed by atoms with van der Waals surface area (Å²) >= 11 is 0. The number of esters is 5. The number of benzene rings is 4. The SMILES string of the molecule is CCC(COCC(CC)(COC(=O)c1ccccc1C(=O)OC)CC(=O)c1ccccc1C(=O)CO)(COC(=O)c1ccccc1C(=O)CO)COC(=O)c1ccccc1C(=O)OC. The van der Waals surface area contributed by atoms with Crippen LogP contribution in [0.15, 0.2) is 97.1 Å². The third-order valence-corrected chi connectivity index (χ3v) is 10.7. The van der Waals surface area contributed by atoms with Gasteiger partial charge in [-0.3, -0.25) is 14.4 Å². The molecule has 2 N–H and O–H groups in total. The Bertz CT molecular complexity index is 2270. The van der Waals surface area contributed by atoms with Crippen molar-refractivity contribution in [2.24, 2.45) is 10.8 Å². The summed E-state index contributed by atoms with van der Waals surface area (Å²) in [6, 6.07) is 23.3. The van der Waals surface area contributed by atoms with E-state index in [0.717, 1.165) is 14.2 Å². The molecule has 0 saturated carbocycles. The van der Waals surface area contributed by atoms with Gasteiger partial charge in [-0.25, -0.2) is 24.0 Å². The van der Waals surface area contributed by atoms with Gasteiger partial charge in [0.25, 0.3) is 0 Å². The van der Waals surface area contributed by atoms with E-state index in [9.17, 15) is 48.6 Å². The third-order valence-electron chi connectivity index (χ3n) is 10.7. The third kappa shape index (κ3) is 12.4. The summed E-state index contributed by atoms with van der Waals surface area (Å²) in [6.45, 7) is -0.244. The Morgan fingerprint density at radius 1 is 0.406 bits per heavy atom. The second kappa shape index (κ2) is 23.5. The van der Waals surface area contributed by atoms with Gasteiger partial charge in [0.2, 0.25) is 0 Å². The van der Waals surface area contributed by atoms with Gasteiger partial charge < -0.3 is 38.6 Å². The van der Waals surface area contributed by atoms with E-state index in [2.05, 4.69) is 0 Å². The van der Waals surface area contributed by atoms with E-state index in [4.69, 9.17) is 28.4 Å². The van der Waals surface area contributed by atoms with E-state index in [1.807, 2.05) is 0 Å². The molecular weight excluding hydrogens is 833 g/mol. The van der Waals surface area contributed by atoms with Crippen LogP contribution in [0, 0.1) is 10.8 Å². The van der Waals surface area contributed by atoms with E-state index < -0.39 is 91.1 Å². The molecule has 0 spiro atoms. The van der Waals surface area contributed by atoms with Gasteiger partial charge in [-0.1, -0.05) is 80.6 Å². The molecule has 0 fully saturated rings. The lowest BCUT2D eigenvalue weighted by Crippen LogP contribution is -2.41. The fraction of sp³-hybridized carbons (Fsp3) is 0.333. The van der Waals surface area contributed by atoms with Crippen LogP contribution in [0.2, 0.25) is 0 Å². The van der Waals surface area contributed by atoms with Gasteiger partial charge in [0.1, 0.15) is 26.4 Å². The molecule has 4 aromatic rings. The number of carbonyl (C=O) groups is 8. The van der Waals surface area contributed by atoms with Gasteiger partial charge in [0.05, 0.1) is 67.3 Å². The molecule has 0 aromatic heterocycles. The van der Waals surface area contributed by atoms with Crippen LogP contribution in [0.25, 0.3) is 0 Å². The topological polar surface area (TPSA) is 232 Å². The van der Waals surface area contributed by atoms with E-state index in [1.165, 1.54) is 91.0 Å². The number of aliphatic hydroxyl groups is 2. The maximum absolute atomic E-state index is 14.1. The summed E-state index contributed by atoms with van der Waals surface area (Å²) < 4.78 is 33.3. The minimum atomic E-state index is -1.33. The Hall–Kier alpha value is -6.88. The second-order valence-electron chi connectivity index (χ2n) is 14.9. The number of rotatable bonds is 24. The highest BCUT2D eigenvalue weighted by Gasteiger charge is 2.39. The minimum absolute atomic E-state index is 0.00987. The van der Waals surface area contributed by atoms with Crippen molar-refractivity contribution < 1.29 is 77.0 Å². The van der Waals surface area contributed by atoms with Gasteiger partial charge >= 0.3 is 29.8 Å². The van der Waals surface area contributed by atoms with Crippen molar-refractivity contribution in [1.29, 1.82) is 0 Å². The average molecular weight is 883 g/mol. The Morgan fingerprint density at radius 3 is 1.03 bits per heavy atom. The molecule has 0 saturated heterocycles. The van der Waals surface area contributed by atoms with Crippen LogP contribution in [0.5, 0.6) is 0 Å².